The fraction of sp³-hybridized carbons (Fsp3) is 0.387. The van der Waals surface area contributed by atoms with Gasteiger partial charge in [0, 0.05) is 34.0 Å². The van der Waals surface area contributed by atoms with E-state index in [-0.39, 0.29) is 25.2 Å². The number of ether oxygens (including phenoxy) is 1. The molecule has 0 amide bonds. The number of aryl methyl sites for hydroxylation is 1. The van der Waals surface area contributed by atoms with E-state index in [0.717, 1.165) is 35.4 Å². The van der Waals surface area contributed by atoms with Crippen LogP contribution in [-0.4, -0.2) is 41.2 Å². The van der Waals surface area contributed by atoms with Crippen LogP contribution in [0.15, 0.2) is 65.6 Å². The summed E-state index contributed by atoms with van der Waals surface area (Å²) in [6.07, 6.45) is -4.40. The minimum atomic E-state index is -4.69. The molecule has 1 aliphatic carbocycles. The first-order valence-corrected chi connectivity index (χ1v) is 17.2. The van der Waals surface area contributed by atoms with E-state index in [1.807, 2.05) is 35.5 Å². The predicted molar refractivity (Wildman–Crippen MR) is 154 cm³/mol. The van der Waals surface area contributed by atoms with Gasteiger partial charge in [-0.2, -0.15) is 13.2 Å². The molecule has 0 bridgehead atoms. The van der Waals surface area contributed by atoms with E-state index in [4.69, 9.17) is 4.74 Å². The van der Waals surface area contributed by atoms with Crippen LogP contribution in [0.4, 0.5) is 22.0 Å². The van der Waals surface area contributed by atoms with E-state index in [9.17, 15) is 25.8 Å². The van der Waals surface area contributed by atoms with Gasteiger partial charge in [0.05, 0.1) is 22.6 Å². The van der Waals surface area contributed by atoms with Crippen LogP contribution < -0.4 is 4.74 Å². The zero-order chi connectivity index (χ0) is 30.9. The van der Waals surface area contributed by atoms with Gasteiger partial charge in [0.15, 0.2) is 21.4 Å². The number of nitrogens with zero attached hydrogens (tertiary/aromatic N) is 1. The maximum Gasteiger partial charge on any atom is 0.416 e. The summed E-state index contributed by atoms with van der Waals surface area (Å²) in [5.41, 5.74) is 0.486. The zero-order valence-corrected chi connectivity index (χ0v) is 24.9. The summed E-state index contributed by atoms with van der Waals surface area (Å²) in [7, 11) is -7.36. The van der Waals surface area contributed by atoms with Gasteiger partial charge in [-0.05, 0) is 79.9 Å². The van der Waals surface area contributed by atoms with E-state index < -0.39 is 81.8 Å². The summed E-state index contributed by atoms with van der Waals surface area (Å²) in [5.74, 6) is 0.420. The molecule has 5 atom stereocenters. The maximum atomic E-state index is 15.8. The fourth-order valence-corrected chi connectivity index (χ4v) is 11.6. The van der Waals surface area contributed by atoms with Crippen molar-refractivity contribution in [1.29, 1.82) is 0 Å². The van der Waals surface area contributed by atoms with Crippen molar-refractivity contribution >= 4 is 25.4 Å². The molecule has 6 rings (SSSR count). The van der Waals surface area contributed by atoms with Crippen molar-refractivity contribution in [3.05, 3.63) is 94.6 Å². The van der Waals surface area contributed by atoms with Crippen molar-refractivity contribution in [2.24, 2.45) is 11.8 Å². The summed E-state index contributed by atoms with van der Waals surface area (Å²) in [6.45, 7) is 1.99. The molecule has 0 aromatic heterocycles. The van der Waals surface area contributed by atoms with Crippen LogP contribution in [0.5, 0.6) is 5.75 Å². The van der Waals surface area contributed by atoms with Crippen molar-refractivity contribution in [1.82, 2.24) is 4.31 Å². The molecule has 1 saturated heterocycles. The summed E-state index contributed by atoms with van der Waals surface area (Å²) in [4.78, 5) is -0.422. The number of alkyl halides is 3. The van der Waals surface area contributed by atoms with Crippen LogP contribution in [0, 0.1) is 30.4 Å². The van der Waals surface area contributed by atoms with Crippen LogP contribution in [0.25, 0.3) is 0 Å². The molecule has 43 heavy (non-hydrogen) atoms. The largest absolute Gasteiger partial charge is 0.490 e. The average Bonchev–Trinajstić information content (AvgIpc) is 2.96. The second-order valence-electron chi connectivity index (χ2n) is 11.7. The third-order valence-corrected chi connectivity index (χ3v) is 14.0. The molecule has 0 spiro atoms. The second kappa shape index (κ2) is 10.3. The summed E-state index contributed by atoms with van der Waals surface area (Å²) >= 11 is 0. The highest BCUT2D eigenvalue weighted by Crippen LogP contribution is 2.60. The molecular weight excluding hydrogens is 609 g/mol. The maximum absolute atomic E-state index is 15.8. The zero-order valence-electron chi connectivity index (χ0n) is 23.2. The van der Waals surface area contributed by atoms with Gasteiger partial charge in [0.1, 0.15) is 10.6 Å². The molecule has 2 unspecified atom stereocenters. The fourth-order valence-electron chi connectivity index (χ4n) is 7.23. The van der Waals surface area contributed by atoms with Crippen molar-refractivity contribution in [2.75, 3.05) is 12.4 Å². The molecular formula is C31H30F5NO4S2. The molecule has 230 valence electrons. The number of halogens is 5. The third kappa shape index (κ3) is 4.76. The van der Waals surface area contributed by atoms with Crippen molar-refractivity contribution < 1.29 is 39.3 Å². The first kappa shape index (κ1) is 30.1. The first-order valence-electron chi connectivity index (χ1n) is 13.9. The molecule has 2 aliphatic heterocycles. The number of fused-ring (bicyclic) bond motifs is 5. The average molecular weight is 640 g/mol. The Balaban J connectivity index is 1.49. The first-order chi connectivity index (χ1) is 20.2. The van der Waals surface area contributed by atoms with Gasteiger partial charge >= 0.3 is 6.18 Å². The highest BCUT2D eigenvalue weighted by atomic mass is 32.2. The lowest BCUT2D eigenvalue weighted by atomic mass is 9.64. The number of hydrogen-bond donors (Lipinski definition) is 0. The van der Waals surface area contributed by atoms with Crippen LogP contribution in [0.1, 0.15) is 41.5 Å². The van der Waals surface area contributed by atoms with Crippen LogP contribution in [-0.2, 0) is 37.0 Å². The topological polar surface area (TPSA) is 63.7 Å². The molecule has 0 N–H and O–H groups in total. The number of rotatable bonds is 4. The molecule has 12 heteroatoms. The minimum absolute atomic E-state index is 0.158. The van der Waals surface area contributed by atoms with Crippen LogP contribution in [0.3, 0.4) is 0 Å². The Labute approximate surface area is 247 Å². The predicted octanol–water partition coefficient (Wildman–Crippen LogP) is 6.29. The van der Waals surface area contributed by atoms with Crippen molar-refractivity contribution in [3.8, 4) is 5.75 Å². The Morgan fingerprint density at radius 2 is 1.65 bits per heavy atom. The van der Waals surface area contributed by atoms with E-state index >= 15 is 8.78 Å². The smallest absolute Gasteiger partial charge is 0.416 e. The lowest BCUT2D eigenvalue weighted by Gasteiger charge is -2.57. The molecule has 5 nitrogen and oxygen atoms in total. The quantitative estimate of drug-likeness (QED) is 0.249. The summed E-state index contributed by atoms with van der Waals surface area (Å²) in [6, 6.07) is 12.1. The van der Waals surface area contributed by atoms with Gasteiger partial charge < -0.3 is 4.74 Å². The summed E-state index contributed by atoms with van der Waals surface area (Å²) < 4.78 is 119. The Bertz CT molecular complexity index is 1770. The Morgan fingerprint density at radius 1 is 1.00 bits per heavy atom. The molecule has 2 heterocycles. The number of sulfone groups is 1. The molecule has 3 aromatic rings. The van der Waals surface area contributed by atoms with E-state index in [1.54, 1.807) is 0 Å². The van der Waals surface area contributed by atoms with Crippen molar-refractivity contribution in [3.63, 3.8) is 0 Å². The monoisotopic (exact) mass is 639 g/mol. The molecule has 0 radical (unpaired) electrons. The van der Waals surface area contributed by atoms with Gasteiger partial charge in [-0.3, -0.25) is 4.21 Å². The molecule has 2 fully saturated rings. The van der Waals surface area contributed by atoms with Gasteiger partial charge in [-0.25, -0.2) is 21.5 Å². The second-order valence-corrected chi connectivity index (χ2v) is 16.3. The Kier molecular flexibility index (Phi) is 7.21. The van der Waals surface area contributed by atoms with Gasteiger partial charge in [0.2, 0.25) is 0 Å². The lowest BCUT2D eigenvalue weighted by Crippen LogP contribution is -2.63. The van der Waals surface area contributed by atoms with E-state index in [1.165, 1.54) is 0 Å². The third-order valence-electron chi connectivity index (χ3n) is 9.31. The normalized spacial score (nSPS) is 29.2. The lowest BCUT2D eigenvalue weighted by molar-refractivity contribution is -0.137. The molecule has 3 aliphatic rings. The molecule has 3 aromatic carbocycles. The highest BCUT2D eigenvalue weighted by molar-refractivity contribution is 7.98. The van der Waals surface area contributed by atoms with Gasteiger partial charge in [-0.1, -0.05) is 29.8 Å². The Morgan fingerprint density at radius 3 is 2.30 bits per heavy atom. The van der Waals surface area contributed by atoms with Crippen LogP contribution in [0.2, 0.25) is 0 Å². The van der Waals surface area contributed by atoms with Crippen LogP contribution >= 0.6 is 0 Å². The van der Waals surface area contributed by atoms with E-state index in [0.29, 0.717) is 25.1 Å². The highest BCUT2D eigenvalue weighted by Gasteiger charge is 2.64. The van der Waals surface area contributed by atoms with Gasteiger partial charge in [0.25, 0.3) is 0 Å². The summed E-state index contributed by atoms with van der Waals surface area (Å²) in [5, 5.41) is 0. The van der Waals surface area contributed by atoms with Gasteiger partial charge in [-0.15, -0.1) is 0 Å². The van der Waals surface area contributed by atoms with Crippen molar-refractivity contribution in [2.45, 2.75) is 54.6 Å². The van der Waals surface area contributed by atoms with E-state index in [2.05, 4.69) is 5.87 Å². The Hall–Kier alpha value is -2.96. The number of hydrogen-bond acceptors (Lipinski definition) is 4. The SMILES string of the molecule is C=S1(=O)CCC2[C@@H](CC[C@@]3(S(=O)(=O)c4ccc(C(F)(F)F)cc4)c4c(F)ccc(F)c4OC[C@@H]23)N1Cc1ccc(C)cc1. The minimum Gasteiger partial charge on any atom is -0.490 e. The molecule has 1 saturated carbocycles. The number of benzene rings is 3. The standard InChI is InChI=1S/C31H30F5NO4S2/c1-19-3-5-20(6-4-19)17-37-27-13-15-30(43(39,40)22-9-7-21(8-10-22)31(34,35)36)24(23(27)14-16-42(37,2)38)18-41-29-26(33)12-11-25(32)28(29)30/h3-12,23-24,27H,2,13-18H2,1H3/t23?,24-,27+,30-,42?/m0/s1.